The summed E-state index contributed by atoms with van der Waals surface area (Å²) in [5.41, 5.74) is -0.831. The maximum atomic E-state index is 11.8. The van der Waals surface area contributed by atoms with E-state index in [1.54, 1.807) is 0 Å². The van der Waals surface area contributed by atoms with E-state index in [4.69, 9.17) is 10.4 Å². The standard InChI is InChI=1S/C11H18N2O2/c1-3-9(6-14)13-10(15)11(7-12)4-8(2)5-11/h8-9,14H,3-6H2,1-2H3,(H,13,15). The molecule has 4 heteroatoms. The number of aliphatic hydroxyl groups is 1. The van der Waals surface area contributed by atoms with Crippen LogP contribution < -0.4 is 5.32 Å². The summed E-state index contributed by atoms with van der Waals surface area (Å²) in [6, 6.07) is 1.88. The molecule has 1 rings (SSSR count). The predicted molar refractivity (Wildman–Crippen MR) is 55.8 cm³/mol. The average molecular weight is 210 g/mol. The second-order valence-corrected chi connectivity index (χ2v) is 4.47. The molecule has 4 nitrogen and oxygen atoms in total. The lowest BCUT2D eigenvalue weighted by Gasteiger charge is -2.39. The maximum Gasteiger partial charge on any atom is 0.240 e. The van der Waals surface area contributed by atoms with Crippen LogP contribution in [0.5, 0.6) is 0 Å². The first-order valence-corrected chi connectivity index (χ1v) is 5.41. The lowest BCUT2D eigenvalue weighted by Crippen LogP contribution is -2.51. The van der Waals surface area contributed by atoms with Gasteiger partial charge in [0, 0.05) is 0 Å². The topological polar surface area (TPSA) is 73.1 Å². The lowest BCUT2D eigenvalue weighted by molar-refractivity contribution is -0.135. The number of rotatable bonds is 4. The number of hydrogen-bond donors (Lipinski definition) is 2. The molecule has 0 bridgehead atoms. The number of hydrogen-bond acceptors (Lipinski definition) is 3. The van der Waals surface area contributed by atoms with Gasteiger partial charge in [0.25, 0.3) is 0 Å². The summed E-state index contributed by atoms with van der Waals surface area (Å²) in [6.07, 6.45) is 1.95. The van der Waals surface area contributed by atoms with Crippen molar-refractivity contribution < 1.29 is 9.90 Å². The zero-order chi connectivity index (χ0) is 11.5. The molecule has 1 unspecified atom stereocenters. The highest BCUT2D eigenvalue weighted by molar-refractivity contribution is 5.86. The first-order valence-electron chi connectivity index (χ1n) is 5.41. The molecule has 1 fully saturated rings. The van der Waals surface area contributed by atoms with Crippen LogP contribution in [0.3, 0.4) is 0 Å². The number of carbonyl (C=O) groups excluding carboxylic acids is 1. The van der Waals surface area contributed by atoms with Crippen molar-refractivity contribution in [2.45, 2.75) is 39.2 Å². The van der Waals surface area contributed by atoms with Gasteiger partial charge in [0.15, 0.2) is 0 Å². The van der Waals surface area contributed by atoms with Crippen LogP contribution in [0.25, 0.3) is 0 Å². The first-order chi connectivity index (χ1) is 7.07. The molecule has 0 aromatic rings. The molecule has 1 atom stereocenters. The van der Waals surface area contributed by atoms with Crippen molar-refractivity contribution in [1.82, 2.24) is 5.32 Å². The quantitative estimate of drug-likeness (QED) is 0.721. The highest BCUT2D eigenvalue weighted by Crippen LogP contribution is 2.45. The molecule has 0 aromatic heterocycles. The highest BCUT2D eigenvalue weighted by atomic mass is 16.3. The van der Waals surface area contributed by atoms with Gasteiger partial charge in [0.2, 0.25) is 5.91 Å². The van der Waals surface area contributed by atoms with E-state index in [9.17, 15) is 4.79 Å². The van der Waals surface area contributed by atoms with E-state index in [0.717, 1.165) is 0 Å². The van der Waals surface area contributed by atoms with Gasteiger partial charge in [0.05, 0.1) is 18.7 Å². The van der Waals surface area contributed by atoms with Gasteiger partial charge in [0.1, 0.15) is 5.41 Å². The molecular weight excluding hydrogens is 192 g/mol. The van der Waals surface area contributed by atoms with Crippen molar-refractivity contribution in [3.05, 3.63) is 0 Å². The van der Waals surface area contributed by atoms with E-state index in [2.05, 4.69) is 11.4 Å². The van der Waals surface area contributed by atoms with E-state index >= 15 is 0 Å². The summed E-state index contributed by atoms with van der Waals surface area (Å²) in [5, 5.41) is 20.7. The van der Waals surface area contributed by atoms with Crippen LogP contribution in [-0.2, 0) is 4.79 Å². The number of amides is 1. The van der Waals surface area contributed by atoms with Gasteiger partial charge in [-0.05, 0) is 25.2 Å². The third-order valence-corrected chi connectivity index (χ3v) is 3.09. The molecule has 15 heavy (non-hydrogen) atoms. The third-order valence-electron chi connectivity index (χ3n) is 3.09. The molecule has 1 saturated carbocycles. The van der Waals surface area contributed by atoms with Crippen LogP contribution in [0.2, 0.25) is 0 Å². The normalized spacial score (nSPS) is 31.2. The summed E-state index contributed by atoms with van der Waals surface area (Å²) < 4.78 is 0. The Morgan fingerprint density at radius 3 is 2.67 bits per heavy atom. The molecule has 1 amide bonds. The molecule has 0 heterocycles. The molecule has 84 valence electrons. The lowest BCUT2D eigenvalue weighted by atomic mass is 9.63. The van der Waals surface area contributed by atoms with E-state index in [-0.39, 0.29) is 18.6 Å². The highest BCUT2D eigenvalue weighted by Gasteiger charge is 2.49. The minimum Gasteiger partial charge on any atom is -0.394 e. The zero-order valence-corrected chi connectivity index (χ0v) is 9.29. The number of aliphatic hydroxyl groups excluding tert-OH is 1. The molecule has 0 aromatic carbocycles. The minimum atomic E-state index is -0.831. The summed E-state index contributed by atoms with van der Waals surface area (Å²) in [5.74, 6) is 0.230. The van der Waals surface area contributed by atoms with E-state index in [1.165, 1.54) is 0 Å². The number of carbonyl (C=O) groups is 1. The van der Waals surface area contributed by atoms with Crippen molar-refractivity contribution in [3.8, 4) is 6.07 Å². The first kappa shape index (κ1) is 12.0. The minimum absolute atomic E-state index is 0.0701. The molecular formula is C11H18N2O2. The van der Waals surface area contributed by atoms with Crippen LogP contribution in [-0.4, -0.2) is 23.7 Å². The van der Waals surface area contributed by atoms with Crippen LogP contribution in [0.15, 0.2) is 0 Å². The Morgan fingerprint density at radius 1 is 1.73 bits per heavy atom. The Bertz CT molecular complexity index is 273. The fourth-order valence-corrected chi connectivity index (χ4v) is 2.06. The number of nitrogens with zero attached hydrogens (tertiary/aromatic N) is 1. The fraction of sp³-hybridized carbons (Fsp3) is 0.818. The van der Waals surface area contributed by atoms with Gasteiger partial charge < -0.3 is 10.4 Å². The summed E-state index contributed by atoms with van der Waals surface area (Å²) in [6.45, 7) is 3.86. The van der Waals surface area contributed by atoms with Crippen molar-refractivity contribution in [1.29, 1.82) is 5.26 Å². The van der Waals surface area contributed by atoms with Gasteiger partial charge in [-0.2, -0.15) is 5.26 Å². The SMILES string of the molecule is CCC(CO)NC(=O)C1(C#N)CC(C)C1. The molecule has 0 saturated heterocycles. The summed E-state index contributed by atoms with van der Waals surface area (Å²) >= 11 is 0. The van der Waals surface area contributed by atoms with Crippen molar-refractivity contribution in [3.63, 3.8) is 0 Å². The molecule has 1 aliphatic rings. The molecule has 2 N–H and O–H groups in total. The van der Waals surface area contributed by atoms with Crippen LogP contribution in [0.4, 0.5) is 0 Å². The monoisotopic (exact) mass is 210 g/mol. The molecule has 0 spiro atoms. The van der Waals surface area contributed by atoms with E-state index < -0.39 is 5.41 Å². The van der Waals surface area contributed by atoms with Gasteiger partial charge >= 0.3 is 0 Å². The third kappa shape index (κ3) is 2.29. The molecule has 0 aliphatic heterocycles. The van der Waals surface area contributed by atoms with E-state index in [0.29, 0.717) is 25.2 Å². The predicted octanol–water partition coefficient (Wildman–Crippen LogP) is 0.813. The van der Waals surface area contributed by atoms with Crippen molar-refractivity contribution in [2.24, 2.45) is 11.3 Å². The van der Waals surface area contributed by atoms with Gasteiger partial charge in [-0.15, -0.1) is 0 Å². The van der Waals surface area contributed by atoms with Crippen LogP contribution in [0, 0.1) is 22.7 Å². The summed E-state index contributed by atoms with van der Waals surface area (Å²) in [7, 11) is 0. The van der Waals surface area contributed by atoms with Crippen molar-refractivity contribution >= 4 is 5.91 Å². The zero-order valence-electron chi connectivity index (χ0n) is 9.29. The Morgan fingerprint density at radius 2 is 2.33 bits per heavy atom. The maximum absolute atomic E-state index is 11.8. The number of nitrogens with one attached hydrogen (secondary N) is 1. The second kappa shape index (κ2) is 4.63. The van der Waals surface area contributed by atoms with Crippen molar-refractivity contribution in [2.75, 3.05) is 6.61 Å². The Hall–Kier alpha value is -1.08. The Balaban J connectivity index is 2.57. The Labute approximate surface area is 90.3 Å². The van der Waals surface area contributed by atoms with Crippen LogP contribution in [0.1, 0.15) is 33.1 Å². The van der Waals surface area contributed by atoms with Crippen LogP contribution >= 0.6 is 0 Å². The van der Waals surface area contributed by atoms with Gasteiger partial charge in [-0.25, -0.2) is 0 Å². The number of nitriles is 1. The fourth-order valence-electron chi connectivity index (χ4n) is 2.06. The summed E-state index contributed by atoms with van der Waals surface area (Å²) in [4.78, 5) is 11.8. The Kier molecular flexibility index (Phi) is 3.70. The second-order valence-electron chi connectivity index (χ2n) is 4.47. The average Bonchev–Trinajstić information content (AvgIpc) is 2.20. The van der Waals surface area contributed by atoms with Gasteiger partial charge in [-0.3, -0.25) is 4.79 Å². The molecule has 1 aliphatic carbocycles. The largest absolute Gasteiger partial charge is 0.394 e. The van der Waals surface area contributed by atoms with E-state index in [1.807, 2.05) is 13.8 Å². The molecule has 0 radical (unpaired) electrons. The van der Waals surface area contributed by atoms with Gasteiger partial charge in [-0.1, -0.05) is 13.8 Å². The smallest absolute Gasteiger partial charge is 0.240 e.